The molecular weight excluding hydrogens is 336 g/mol. The zero-order valence-corrected chi connectivity index (χ0v) is 16.1. The Labute approximate surface area is 160 Å². The van der Waals surface area contributed by atoms with E-state index in [9.17, 15) is 0 Å². The lowest BCUT2D eigenvalue weighted by Crippen LogP contribution is -2.39. The largest absolute Gasteiger partial charge is 0.351 e. The van der Waals surface area contributed by atoms with Gasteiger partial charge in [0, 0.05) is 25.8 Å². The quantitative estimate of drug-likeness (QED) is 0.754. The monoisotopic (exact) mass is 364 g/mol. The van der Waals surface area contributed by atoms with Gasteiger partial charge in [-0.3, -0.25) is 4.90 Å². The van der Waals surface area contributed by atoms with Crippen molar-refractivity contribution in [1.82, 2.24) is 19.5 Å². The van der Waals surface area contributed by atoms with Crippen molar-refractivity contribution in [2.75, 3.05) is 25.0 Å². The fourth-order valence-corrected chi connectivity index (χ4v) is 3.88. The third kappa shape index (κ3) is 3.68. The van der Waals surface area contributed by atoms with Crippen molar-refractivity contribution in [1.29, 1.82) is 0 Å². The van der Waals surface area contributed by atoms with E-state index in [1.807, 2.05) is 10.7 Å². The molecule has 6 heteroatoms. The van der Waals surface area contributed by atoms with Crippen LogP contribution in [0.3, 0.4) is 0 Å². The molecule has 6 nitrogen and oxygen atoms in total. The van der Waals surface area contributed by atoms with Gasteiger partial charge in [0.1, 0.15) is 11.8 Å². The maximum absolute atomic E-state index is 6.06. The number of hydrogen-bond donors (Lipinski definition) is 1. The number of benzene rings is 1. The summed E-state index contributed by atoms with van der Waals surface area (Å²) >= 11 is 0. The molecule has 2 aromatic heterocycles. The Bertz CT molecular complexity index is 882. The van der Waals surface area contributed by atoms with Gasteiger partial charge in [0.15, 0.2) is 5.82 Å². The molecule has 0 aliphatic carbocycles. The number of aromatic nitrogens is 3. The van der Waals surface area contributed by atoms with Crippen molar-refractivity contribution in [2.45, 2.75) is 38.4 Å². The fraction of sp³-hybridized carbons (Fsp3) is 0.429. The average Bonchev–Trinajstić information content (AvgIpc) is 3.12. The molecule has 1 fully saturated rings. The normalized spacial score (nSPS) is 17.3. The molecule has 0 radical (unpaired) electrons. The molecule has 0 amide bonds. The predicted molar refractivity (Wildman–Crippen MR) is 109 cm³/mol. The van der Waals surface area contributed by atoms with E-state index < -0.39 is 0 Å². The summed E-state index contributed by atoms with van der Waals surface area (Å²) in [7, 11) is 2.11. The van der Waals surface area contributed by atoms with Gasteiger partial charge in [-0.25, -0.2) is 9.50 Å². The molecule has 1 saturated heterocycles. The Morgan fingerprint density at radius 1 is 1.19 bits per heavy atom. The lowest BCUT2D eigenvalue weighted by atomic mass is 10.1. The van der Waals surface area contributed by atoms with Crippen LogP contribution in [0.15, 0.2) is 48.9 Å². The van der Waals surface area contributed by atoms with E-state index in [4.69, 9.17) is 5.73 Å². The van der Waals surface area contributed by atoms with Crippen LogP contribution in [0, 0.1) is 0 Å². The first kappa shape index (κ1) is 17.9. The van der Waals surface area contributed by atoms with Crippen molar-refractivity contribution < 1.29 is 0 Å². The molecule has 4 rings (SSSR count). The van der Waals surface area contributed by atoms with Crippen molar-refractivity contribution in [3.8, 4) is 0 Å². The summed E-state index contributed by atoms with van der Waals surface area (Å²) in [6, 6.07) is 13.3. The molecule has 2 N–H and O–H groups in total. The summed E-state index contributed by atoms with van der Waals surface area (Å²) in [4.78, 5) is 9.37. The Morgan fingerprint density at radius 3 is 2.67 bits per heavy atom. The minimum atomic E-state index is 0.223. The molecule has 0 bridgehead atoms. The van der Waals surface area contributed by atoms with Crippen molar-refractivity contribution in [2.24, 2.45) is 5.73 Å². The molecule has 0 saturated carbocycles. The van der Waals surface area contributed by atoms with Gasteiger partial charge in [-0.15, -0.1) is 0 Å². The SMILES string of the molecule is C[C@H](c1ccccc1)N(C)c1ncnn2ccc(CN3CCC(N)CC3)c12. The van der Waals surface area contributed by atoms with Gasteiger partial charge in [-0.05, 0) is 50.0 Å². The van der Waals surface area contributed by atoms with Crippen LogP contribution in [0.5, 0.6) is 0 Å². The lowest BCUT2D eigenvalue weighted by molar-refractivity contribution is 0.206. The zero-order valence-electron chi connectivity index (χ0n) is 16.1. The van der Waals surface area contributed by atoms with Crippen LogP contribution >= 0.6 is 0 Å². The zero-order chi connectivity index (χ0) is 18.8. The first-order chi connectivity index (χ1) is 13.1. The minimum Gasteiger partial charge on any atom is -0.351 e. The summed E-state index contributed by atoms with van der Waals surface area (Å²) in [5.74, 6) is 0.968. The van der Waals surface area contributed by atoms with E-state index in [1.54, 1.807) is 6.33 Å². The second-order valence-corrected chi connectivity index (χ2v) is 7.53. The summed E-state index contributed by atoms with van der Waals surface area (Å²) < 4.78 is 1.95. The van der Waals surface area contributed by atoms with Crippen LogP contribution in [0.1, 0.15) is 36.9 Å². The molecular formula is C21H28N6. The van der Waals surface area contributed by atoms with Gasteiger partial charge in [0.2, 0.25) is 0 Å². The van der Waals surface area contributed by atoms with Gasteiger partial charge in [-0.1, -0.05) is 30.3 Å². The molecule has 3 aromatic rings. The van der Waals surface area contributed by atoms with Gasteiger partial charge in [-0.2, -0.15) is 5.10 Å². The molecule has 142 valence electrons. The van der Waals surface area contributed by atoms with Crippen LogP contribution in [-0.4, -0.2) is 45.7 Å². The third-order valence-electron chi connectivity index (χ3n) is 5.74. The molecule has 0 spiro atoms. The molecule has 1 aliphatic rings. The van der Waals surface area contributed by atoms with Crippen LogP contribution in [0.4, 0.5) is 5.82 Å². The first-order valence-corrected chi connectivity index (χ1v) is 9.70. The number of anilines is 1. The number of rotatable bonds is 5. The number of fused-ring (bicyclic) bond motifs is 1. The van der Waals surface area contributed by atoms with Gasteiger partial charge in [0.25, 0.3) is 0 Å². The molecule has 1 atom stereocenters. The first-order valence-electron chi connectivity index (χ1n) is 9.70. The number of hydrogen-bond acceptors (Lipinski definition) is 5. The maximum atomic E-state index is 6.06. The fourth-order valence-electron chi connectivity index (χ4n) is 3.88. The second-order valence-electron chi connectivity index (χ2n) is 7.53. The Kier molecular flexibility index (Phi) is 5.09. The van der Waals surface area contributed by atoms with Crippen molar-refractivity contribution in [3.63, 3.8) is 0 Å². The van der Waals surface area contributed by atoms with Gasteiger partial charge >= 0.3 is 0 Å². The van der Waals surface area contributed by atoms with Gasteiger partial charge < -0.3 is 10.6 Å². The molecule has 0 unspecified atom stereocenters. The topological polar surface area (TPSA) is 62.7 Å². The highest BCUT2D eigenvalue weighted by atomic mass is 15.3. The van der Waals surface area contributed by atoms with Gasteiger partial charge in [0.05, 0.1) is 6.04 Å². The van der Waals surface area contributed by atoms with E-state index in [2.05, 4.69) is 70.3 Å². The predicted octanol–water partition coefficient (Wildman–Crippen LogP) is 2.85. The standard InChI is InChI=1S/C21H28N6/c1-16(17-6-4-3-5-7-17)25(2)21-20-18(8-13-27(20)24-15-23-21)14-26-11-9-19(22)10-12-26/h3-8,13,15-16,19H,9-12,14,22H2,1-2H3/t16-/m1/s1. The Hall–Kier alpha value is -2.44. The Morgan fingerprint density at radius 2 is 1.93 bits per heavy atom. The summed E-state index contributed by atoms with van der Waals surface area (Å²) in [5.41, 5.74) is 9.70. The summed E-state index contributed by atoms with van der Waals surface area (Å²) in [6.45, 7) is 5.23. The molecule has 1 aliphatic heterocycles. The maximum Gasteiger partial charge on any atom is 0.157 e. The number of nitrogens with zero attached hydrogens (tertiary/aromatic N) is 5. The highest BCUT2D eigenvalue weighted by molar-refractivity contribution is 5.73. The summed E-state index contributed by atoms with van der Waals surface area (Å²) in [6.07, 6.45) is 5.81. The van der Waals surface area contributed by atoms with E-state index in [-0.39, 0.29) is 6.04 Å². The number of nitrogens with two attached hydrogens (primary N) is 1. The second kappa shape index (κ2) is 7.66. The number of likely N-dealkylation sites (tertiary alicyclic amines) is 1. The molecule has 3 heterocycles. The van der Waals surface area contributed by atoms with Crippen LogP contribution in [0.25, 0.3) is 5.52 Å². The summed E-state index contributed by atoms with van der Waals surface area (Å²) in [5, 5.41) is 4.42. The Balaban J connectivity index is 1.64. The van der Waals surface area contributed by atoms with Crippen molar-refractivity contribution >= 4 is 11.3 Å². The van der Waals surface area contributed by atoms with Crippen LogP contribution in [-0.2, 0) is 6.54 Å². The van der Waals surface area contributed by atoms with Crippen molar-refractivity contribution in [3.05, 3.63) is 60.0 Å². The van der Waals surface area contributed by atoms with Crippen LogP contribution < -0.4 is 10.6 Å². The highest BCUT2D eigenvalue weighted by Crippen LogP contribution is 2.29. The molecule has 27 heavy (non-hydrogen) atoms. The smallest absolute Gasteiger partial charge is 0.157 e. The highest BCUT2D eigenvalue weighted by Gasteiger charge is 2.21. The number of piperidine rings is 1. The average molecular weight is 364 g/mol. The van der Waals surface area contributed by atoms with E-state index in [0.29, 0.717) is 6.04 Å². The minimum absolute atomic E-state index is 0.223. The van der Waals surface area contributed by atoms with E-state index in [1.165, 1.54) is 11.1 Å². The molecule has 1 aromatic carbocycles. The van der Waals surface area contributed by atoms with Crippen LogP contribution in [0.2, 0.25) is 0 Å². The third-order valence-corrected chi connectivity index (χ3v) is 5.74. The van der Waals surface area contributed by atoms with E-state index >= 15 is 0 Å². The lowest BCUT2D eigenvalue weighted by Gasteiger charge is -2.30. The van der Waals surface area contributed by atoms with E-state index in [0.717, 1.165) is 43.8 Å².